The molecule has 36 heavy (non-hydrogen) atoms. The molecule has 2 aromatic rings. The monoisotopic (exact) mass is 510 g/mol. The number of ether oxygens (including phenoxy) is 1. The molecule has 2 aromatic carbocycles. The van der Waals surface area contributed by atoms with Gasteiger partial charge in [-0.25, -0.2) is 8.42 Å². The summed E-state index contributed by atoms with van der Waals surface area (Å²) in [6, 6.07) is 15.4. The van der Waals surface area contributed by atoms with E-state index >= 15 is 0 Å². The van der Waals surface area contributed by atoms with Crippen molar-refractivity contribution in [2.45, 2.75) is 63.3 Å². The zero-order valence-corrected chi connectivity index (χ0v) is 22.4. The van der Waals surface area contributed by atoms with Crippen molar-refractivity contribution in [2.24, 2.45) is 17.8 Å². The lowest BCUT2D eigenvalue weighted by Gasteiger charge is -2.57. The second kappa shape index (κ2) is 9.73. The van der Waals surface area contributed by atoms with Gasteiger partial charge in [0.15, 0.2) is 0 Å². The summed E-state index contributed by atoms with van der Waals surface area (Å²) >= 11 is 0. The van der Waals surface area contributed by atoms with Gasteiger partial charge in [0.2, 0.25) is 15.9 Å². The third-order valence-electron chi connectivity index (χ3n) is 8.76. The lowest BCUT2D eigenvalue weighted by molar-refractivity contribution is -0.120. The molecule has 0 spiro atoms. The second-order valence-electron chi connectivity index (χ2n) is 11.3. The van der Waals surface area contributed by atoms with Crippen LogP contribution in [0.4, 0.5) is 5.69 Å². The van der Waals surface area contributed by atoms with Gasteiger partial charge in [-0.15, -0.1) is 0 Å². The van der Waals surface area contributed by atoms with E-state index < -0.39 is 10.0 Å². The second-order valence-corrected chi connectivity index (χ2v) is 13.2. The molecule has 4 aliphatic rings. The number of hydrogen-bond acceptors (Lipinski definition) is 4. The third-order valence-corrected chi connectivity index (χ3v) is 9.90. The van der Waals surface area contributed by atoms with Crippen molar-refractivity contribution < 1.29 is 17.9 Å². The number of anilines is 1. The Kier molecular flexibility index (Phi) is 6.79. The van der Waals surface area contributed by atoms with E-state index in [1.807, 2.05) is 43.3 Å². The maximum Gasteiger partial charge on any atom is 0.241 e. The van der Waals surface area contributed by atoms with Crippen LogP contribution in [0.2, 0.25) is 0 Å². The minimum atomic E-state index is -3.63. The number of methoxy groups -OCH3 is 1. The number of carbonyl (C=O) groups is 1. The number of hydrogen-bond donors (Lipinski definition) is 1. The highest BCUT2D eigenvalue weighted by Gasteiger charge is 2.51. The van der Waals surface area contributed by atoms with Crippen LogP contribution in [-0.2, 0) is 20.2 Å². The SMILES string of the molecule is CC[C@H](NC(=O)CN(c1ccc(C23CC4CC(CC(C4)C2)C3)cc1)S(C)(=O)=O)c1ccc(OC)cc1. The third kappa shape index (κ3) is 4.99. The van der Waals surface area contributed by atoms with Crippen LogP contribution in [0.15, 0.2) is 48.5 Å². The van der Waals surface area contributed by atoms with Crippen molar-refractivity contribution in [3.05, 3.63) is 59.7 Å². The number of carbonyl (C=O) groups excluding carboxylic acids is 1. The molecule has 0 saturated heterocycles. The zero-order valence-electron chi connectivity index (χ0n) is 21.6. The summed E-state index contributed by atoms with van der Waals surface area (Å²) in [5, 5.41) is 3.01. The lowest BCUT2D eigenvalue weighted by atomic mass is 9.48. The van der Waals surface area contributed by atoms with E-state index in [2.05, 4.69) is 17.4 Å². The Morgan fingerprint density at radius 3 is 2.03 bits per heavy atom. The normalized spacial score (nSPS) is 27.5. The Balaban J connectivity index is 1.31. The van der Waals surface area contributed by atoms with Gasteiger partial charge in [-0.05, 0) is 104 Å². The molecule has 4 saturated carbocycles. The molecule has 0 unspecified atom stereocenters. The van der Waals surface area contributed by atoms with Crippen molar-refractivity contribution >= 4 is 21.6 Å². The van der Waals surface area contributed by atoms with E-state index in [-0.39, 0.29) is 23.9 Å². The Morgan fingerprint density at radius 1 is 1.00 bits per heavy atom. The first-order valence-corrected chi connectivity index (χ1v) is 15.1. The fourth-order valence-electron chi connectivity index (χ4n) is 7.47. The van der Waals surface area contributed by atoms with Crippen molar-refractivity contribution in [2.75, 3.05) is 24.2 Å². The maximum atomic E-state index is 13.0. The minimum Gasteiger partial charge on any atom is -0.497 e. The predicted molar refractivity (Wildman–Crippen MR) is 143 cm³/mol. The van der Waals surface area contributed by atoms with E-state index in [0.717, 1.165) is 35.3 Å². The molecule has 0 aliphatic heterocycles. The van der Waals surface area contributed by atoms with Gasteiger partial charge in [-0.1, -0.05) is 31.2 Å². The van der Waals surface area contributed by atoms with Crippen molar-refractivity contribution in [1.82, 2.24) is 5.32 Å². The van der Waals surface area contributed by atoms with Gasteiger partial charge in [0.05, 0.1) is 25.1 Å². The molecule has 4 bridgehead atoms. The Bertz CT molecular complexity index is 1160. The molecule has 0 aromatic heterocycles. The molecule has 7 heteroatoms. The Hall–Kier alpha value is -2.54. The van der Waals surface area contributed by atoms with E-state index in [0.29, 0.717) is 12.1 Å². The van der Waals surface area contributed by atoms with Crippen LogP contribution in [0.25, 0.3) is 0 Å². The fourth-order valence-corrected chi connectivity index (χ4v) is 8.33. The van der Waals surface area contributed by atoms with Crippen molar-refractivity contribution in [3.63, 3.8) is 0 Å². The van der Waals surface area contributed by atoms with E-state index in [1.165, 1.54) is 48.4 Å². The average Bonchev–Trinajstić information content (AvgIpc) is 2.84. The van der Waals surface area contributed by atoms with Crippen LogP contribution >= 0.6 is 0 Å². The topological polar surface area (TPSA) is 75.7 Å². The molecule has 4 aliphatic carbocycles. The van der Waals surface area contributed by atoms with Crippen LogP contribution < -0.4 is 14.4 Å². The highest BCUT2D eigenvalue weighted by Crippen LogP contribution is 2.60. The number of rotatable bonds is 9. The van der Waals surface area contributed by atoms with Gasteiger partial charge in [-0.3, -0.25) is 9.10 Å². The van der Waals surface area contributed by atoms with Crippen molar-refractivity contribution in [3.8, 4) is 5.75 Å². The largest absolute Gasteiger partial charge is 0.497 e. The summed E-state index contributed by atoms with van der Waals surface area (Å²) in [5.74, 6) is 2.98. The summed E-state index contributed by atoms with van der Waals surface area (Å²) in [4.78, 5) is 13.0. The molecular weight excluding hydrogens is 472 g/mol. The quantitative estimate of drug-likeness (QED) is 0.503. The number of benzene rings is 2. The number of amides is 1. The van der Waals surface area contributed by atoms with Gasteiger partial charge in [0.1, 0.15) is 12.3 Å². The standard InChI is InChI=1S/C29H38N2O4S/c1-4-27(23-5-11-26(35-2)12-6-23)30-28(32)19-31(36(3,33)34)25-9-7-24(8-10-25)29-16-20-13-21(17-29)15-22(14-20)18-29/h5-12,20-22,27H,4,13-19H2,1-3H3,(H,30,32)/t20?,21?,22?,27-,29?/m0/s1. The van der Waals surface area contributed by atoms with E-state index in [9.17, 15) is 13.2 Å². The van der Waals surface area contributed by atoms with Gasteiger partial charge < -0.3 is 10.1 Å². The first kappa shape index (κ1) is 25.1. The Labute approximate surface area is 215 Å². The van der Waals surface area contributed by atoms with Crippen molar-refractivity contribution in [1.29, 1.82) is 0 Å². The van der Waals surface area contributed by atoms with Crippen LogP contribution in [0.3, 0.4) is 0 Å². The van der Waals surface area contributed by atoms with Gasteiger partial charge >= 0.3 is 0 Å². The molecule has 6 rings (SSSR count). The lowest BCUT2D eigenvalue weighted by Crippen LogP contribution is -2.48. The highest BCUT2D eigenvalue weighted by molar-refractivity contribution is 7.92. The zero-order chi connectivity index (χ0) is 25.5. The van der Waals surface area contributed by atoms with Gasteiger partial charge in [-0.2, -0.15) is 0 Å². The van der Waals surface area contributed by atoms with E-state index in [1.54, 1.807) is 7.11 Å². The molecule has 6 nitrogen and oxygen atoms in total. The number of nitrogens with zero attached hydrogens (tertiary/aromatic N) is 1. The summed E-state index contributed by atoms with van der Waals surface area (Å²) in [6.07, 6.45) is 9.82. The molecule has 1 amide bonds. The average molecular weight is 511 g/mol. The Morgan fingerprint density at radius 2 is 1.56 bits per heavy atom. The molecule has 0 radical (unpaired) electrons. The molecular formula is C29H38N2O4S. The summed E-state index contributed by atoms with van der Waals surface area (Å²) in [7, 11) is -2.02. The van der Waals surface area contributed by atoms with Crippen LogP contribution in [0.5, 0.6) is 5.75 Å². The van der Waals surface area contributed by atoms with Crippen LogP contribution in [0.1, 0.15) is 69.0 Å². The van der Waals surface area contributed by atoms with E-state index in [4.69, 9.17) is 4.74 Å². The molecule has 4 fully saturated rings. The van der Waals surface area contributed by atoms with Crippen LogP contribution in [-0.4, -0.2) is 34.2 Å². The molecule has 1 atom stereocenters. The summed E-state index contributed by atoms with van der Waals surface area (Å²) < 4.78 is 31.8. The molecule has 194 valence electrons. The maximum absolute atomic E-state index is 13.0. The number of sulfonamides is 1. The summed E-state index contributed by atoms with van der Waals surface area (Å²) in [5.41, 5.74) is 3.10. The minimum absolute atomic E-state index is 0.205. The summed E-state index contributed by atoms with van der Waals surface area (Å²) in [6.45, 7) is 1.74. The van der Waals surface area contributed by atoms with Gasteiger partial charge in [0, 0.05) is 0 Å². The molecule has 0 heterocycles. The number of nitrogens with one attached hydrogen (secondary N) is 1. The molecule has 1 N–H and O–H groups in total. The smallest absolute Gasteiger partial charge is 0.241 e. The fraction of sp³-hybridized carbons (Fsp3) is 0.552. The first-order chi connectivity index (χ1) is 17.2. The first-order valence-electron chi connectivity index (χ1n) is 13.2. The predicted octanol–water partition coefficient (Wildman–Crippen LogP) is 5.20. The van der Waals surface area contributed by atoms with Gasteiger partial charge in [0.25, 0.3) is 0 Å². The van der Waals surface area contributed by atoms with Crippen LogP contribution in [0, 0.1) is 17.8 Å². The highest BCUT2D eigenvalue weighted by atomic mass is 32.2.